The van der Waals surface area contributed by atoms with E-state index in [0.717, 1.165) is 36.6 Å². The van der Waals surface area contributed by atoms with E-state index in [1.54, 1.807) is 4.90 Å². The molecule has 1 atom stereocenters. The van der Waals surface area contributed by atoms with Crippen molar-refractivity contribution in [2.24, 2.45) is 0 Å². The van der Waals surface area contributed by atoms with Crippen molar-refractivity contribution in [3.8, 4) is 0 Å². The number of hydrogen-bond donors (Lipinski definition) is 1. The molecule has 0 saturated carbocycles. The Hall–Kier alpha value is -2.37. The number of carbonyl (C=O) groups excluding carboxylic acids is 1. The lowest BCUT2D eigenvalue weighted by atomic mass is 10.1. The quantitative estimate of drug-likeness (QED) is 0.939. The summed E-state index contributed by atoms with van der Waals surface area (Å²) in [7, 11) is 1.82. The number of urea groups is 1. The van der Waals surface area contributed by atoms with Crippen molar-refractivity contribution >= 4 is 6.03 Å². The van der Waals surface area contributed by atoms with Gasteiger partial charge < -0.3 is 14.8 Å². The average Bonchev–Trinajstić information content (AvgIpc) is 2.85. The molecule has 1 aromatic carbocycles. The highest BCUT2D eigenvalue weighted by molar-refractivity contribution is 5.74. The van der Waals surface area contributed by atoms with Crippen LogP contribution in [-0.4, -0.2) is 32.7 Å². The standard InChI is InChI=1S/C18H25N5O/c1-14(15-9-5-3-6-10-15)22(2)18(24)19-13-17-21-20-16-11-7-4-8-12-23(16)17/h3,5-6,9-10,14H,4,7-8,11-13H2,1-2H3,(H,19,24)/t14-/m1/s1. The summed E-state index contributed by atoms with van der Waals surface area (Å²) in [6.45, 7) is 3.39. The number of amides is 2. The highest BCUT2D eigenvalue weighted by Gasteiger charge is 2.19. The first-order valence-electron chi connectivity index (χ1n) is 8.63. The lowest BCUT2D eigenvalue weighted by Gasteiger charge is -2.25. The van der Waals surface area contributed by atoms with E-state index in [2.05, 4.69) is 20.1 Å². The van der Waals surface area contributed by atoms with Crippen LogP contribution in [0.15, 0.2) is 30.3 Å². The molecule has 6 nitrogen and oxygen atoms in total. The van der Waals surface area contributed by atoms with Crippen molar-refractivity contribution < 1.29 is 4.79 Å². The van der Waals surface area contributed by atoms with Gasteiger partial charge in [0.2, 0.25) is 0 Å². The van der Waals surface area contributed by atoms with E-state index in [-0.39, 0.29) is 12.1 Å². The first-order valence-corrected chi connectivity index (χ1v) is 8.63. The second kappa shape index (κ2) is 7.47. The van der Waals surface area contributed by atoms with Crippen LogP contribution in [0.25, 0.3) is 0 Å². The van der Waals surface area contributed by atoms with Gasteiger partial charge in [-0.1, -0.05) is 36.8 Å². The van der Waals surface area contributed by atoms with E-state index in [4.69, 9.17) is 0 Å². The van der Waals surface area contributed by atoms with Gasteiger partial charge in [-0.15, -0.1) is 10.2 Å². The van der Waals surface area contributed by atoms with Crippen molar-refractivity contribution in [1.29, 1.82) is 0 Å². The molecule has 0 bridgehead atoms. The molecule has 2 amide bonds. The summed E-state index contributed by atoms with van der Waals surface area (Å²) in [4.78, 5) is 14.2. The Labute approximate surface area is 142 Å². The van der Waals surface area contributed by atoms with Gasteiger partial charge in [0.1, 0.15) is 5.82 Å². The van der Waals surface area contributed by atoms with Crippen LogP contribution in [-0.2, 0) is 19.5 Å². The largest absolute Gasteiger partial charge is 0.331 e. The van der Waals surface area contributed by atoms with E-state index < -0.39 is 0 Å². The maximum absolute atomic E-state index is 12.4. The van der Waals surface area contributed by atoms with Crippen molar-refractivity contribution in [3.05, 3.63) is 47.5 Å². The summed E-state index contributed by atoms with van der Waals surface area (Å²) in [5, 5.41) is 11.5. The van der Waals surface area contributed by atoms with Crippen LogP contribution in [0.2, 0.25) is 0 Å². The van der Waals surface area contributed by atoms with E-state index in [1.165, 1.54) is 12.8 Å². The molecule has 1 aliphatic rings. The topological polar surface area (TPSA) is 63.1 Å². The molecule has 0 spiro atoms. The molecular formula is C18H25N5O. The van der Waals surface area contributed by atoms with Crippen LogP contribution in [0.5, 0.6) is 0 Å². The van der Waals surface area contributed by atoms with Gasteiger partial charge in [-0.2, -0.15) is 0 Å². The minimum atomic E-state index is -0.0997. The molecule has 2 aromatic rings. The van der Waals surface area contributed by atoms with Gasteiger partial charge in [0.25, 0.3) is 0 Å². The van der Waals surface area contributed by atoms with Crippen LogP contribution >= 0.6 is 0 Å². The molecular weight excluding hydrogens is 302 g/mol. The molecule has 0 saturated heterocycles. The van der Waals surface area contributed by atoms with Crippen LogP contribution in [0.1, 0.15) is 49.4 Å². The molecule has 128 valence electrons. The van der Waals surface area contributed by atoms with Crippen molar-refractivity contribution in [3.63, 3.8) is 0 Å². The number of nitrogens with one attached hydrogen (secondary N) is 1. The Morgan fingerprint density at radius 1 is 1.25 bits per heavy atom. The number of hydrogen-bond acceptors (Lipinski definition) is 3. The van der Waals surface area contributed by atoms with Crippen molar-refractivity contribution in [2.45, 2.75) is 51.7 Å². The molecule has 24 heavy (non-hydrogen) atoms. The summed E-state index contributed by atoms with van der Waals surface area (Å²) in [6.07, 6.45) is 4.52. The molecule has 0 radical (unpaired) electrons. The Kier molecular flexibility index (Phi) is 5.13. The Bertz CT molecular complexity index is 682. The van der Waals surface area contributed by atoms with Gasteiger partial charge in [-0.05, 0) is 25.3 Å². The molecule has 6 heteroatoms. The second-order valence-electron chi connectivity index (χ2n) is 6.35. The normalized spacial score (nSPS) is 15.2. The lowest BCUT2D eigenvalue weighted by Crippen LogP contribution is -2.38. The van der Waals surface area contributed by atoms with Gasteiger partial charge in [0, 0.05) is 20.0 Å². The zero-order chi connectivity index (χ0) is 16.9. The van der Waals surface area contributed by atoms with Gasteiger partial charge in [0.15, 0.2) is 5.82 Å². The molecule has 2 heterocycles. The average molecular weight is 327 g/mol. The number of carbonyl (C=O) groups is 1. The zero-order valence-corrected chi connectivity index (χ0v) is 14.4. The van der Waals surface area contributed by atoms with Crippen molar-refractivity contribution in [2.75, 3.05) is 7.05 Å². The molecule has 1 aliphatic heterocycles. The predicted octanol–water partition coefficient (Wildman–Crippen LogP) is 2.91. The fraction of sp³-hybridized carbons (Fsp3) is 0.500. The SMILES string of the molecule is C[C@H](c1ccccc1)N(C)C(=O)NCc1nnc2n1CCCCC2. The lowest BCUT2D eigenvalue weighted by molar-refractivity contribution is 0.193. The van der Waals surface area contributed by atoms with E-state index in [0.29, 0.717) is 6.54 Å². The number of benzene rings is 1. The van der Waals surface area contributed by atoms with Gasteiger partial charge in [-0.3, -0.25) is 0 Å². The monoisotopic (exact) mass is 327 g/mol. The first-order chi connectivity index (χ1) is 11.7. The highest BCUT2D eigenvalue weighted by Crippen LogP contribution is 2.18. The second-order valence-corrected chi connectivity index (χ2v) is 6.35. The smallest absolute Gasteiger partial charge is 0.318 e. The maximum atomic E-state index is 12.4. The minimum absolute atomic E-state index is 0.0155. The maximum Gasteiger partial charge on any atom is 0.318 e. The van der Waals surface area contributed by atoms with Crippen LogP contribution in [0.3, 0.4) is 0 Å². The summed E-state index contributed by atoms with van der Waals surface area (Å²) < 4.78 is 2.16. The summed E-state index contributed by atoms with van der Waals surface area (Å²) in [5.41, 5.74) is 1.12. The fourth-order valence-electron chi connectivity index (χ4n) is 3.09. The summed E-state index contributed by atoms with van der Waals surface area (Å²) in [5.74, 6) is 1.89. The van der Waals surface area contributed by atoms with Crippen LogP contribution < -0.4 is 5.32 Å². The zero-order valence-electron chi connectivity index (χ0n) is 14.4. The molecule has 3 rings (SSSR count). The molecule has 1 N–H and O–H groups in total. The van der Waals surface area contributed by atoms with Gasteiger partial charge in [0.05, 0.1) is 12.6 Å². The third-order valence-corrected chi connectivity index (χ3v) is 4.77. The van der Waals surface area contributed by atoms with E-state index in [1.807, 2.05) is 44.3 Å². The number of aromatic nitrogens is 3. The first kappa shape index (κ1) is 16.5. The van der Waals surface area contributed by atoms with Crippen molar-refractivity contribution in [1.82, 2.24) is 25.0 Å². The Balaban J connectivity index is 1.60. The molecule has 0 fully saturated rings. The molecule has 0 aliphatic carbocycles. The number of aryl methyl sites for hydroxylation is 1. The third-order valence-electron chi connectivity index (χ3n) is 4.77. The fourth-order valence-corrected chi connectivity index (χ4v) is 3.09. The summed E-state index contributed by atoms with van der Waals surface area (Å²) in [6, 6.07) is 9.94. The van der Waals surface area contributed by atoms with Crippen LogP contribution in [0.4, 0.5) is 4.79 Å². The van der Waals surface area contributed by atoms with E-state index >= 15 is 0 Å². The third kappa shape index (κ3) is 3.58. The predicted molar refractivity (Wildman–Crippen MR) is 92.4 cm³/mol. The molecule has 1 aromatic heterocycles. The van der Waals surface area contributed by atoms with Gasteiger partial charge >= 0.3 is 6.03 Å². The number of fused-ring (bicyclic) bond motifs is 1. The van der Waals surface area contributed by atoms with E-state index in [9.17, 15) is 4.79 Å². The highest BCUT2D eigenvalue weighted by atomic mass is 16.2. The minimum Gasteiger partial charge on any atom is -0.331 e. The van der Waals surface area contributed by atoms with Crippen LogP contribution in [0, 0.1) is 0 Å². The van der Waals surface area contributed by atoms with Gasteiger partial charge in [-0.25, -0.2) is 4.79 Å². The molecule has 0 unspecified atom stereocenters. The number of nitrogens with zero attached hydrogens (tertiary/aromatic N) is 4. The summed E-state index contributed by atoms with van der Waals surface area (Å²) >= 11 is 0. The number of rotatable bonds is 4. The Morgan fingerprint density at radius 3 is 2.83 bits per heavy atom. The Morgan fingerprint density at radius 2 is 2.04 bits per heavy atom.